The van der Waals surface area contributed by atoms with E-state index in [0.717, 1.165) is 11.1 Å². The molecule has 0 atom stereocenters. The molecule has 0 spiro atoms. The molecule has 0 N–H and O–H groups in total. The average molecular weight is 608 g/mol. The highest BCUT2D eigenvalue weighted by atomic mass is 79.9. The third kappa shape index (κ3) is 6.11. The summed E-state index contributed by atoms with van der Waals surface area (Å²) in [5, 5.41) is 0. The molecule has 184 valence electrons. The molecular weight excluding hydrogens is 583 g/mol. The van der Waals surface area contributed by atoms with Gasteiger partial charge in [0, 0.05) is 11.1 Å². The second kappa shape index (κ2) is 11.4. The van der Waals surface area contributed by atoms with Crippen molar-refractivity contribution in [3.05, 3.63) is 85.0 Å². The van der Waals surface area contributed by atoms with Gasteiger partial charge in [-0.15, -0.1) is 0 Å². The van der Waals surface area contributed by atoms with Crippen molar-refractivity contribution in [1.82, 2.24) is 0 Å². The Morgan fingerprint density at radius 3 is 2.17 bits per heavy atom. The highest BCUT2D eigenvalue weighted by Gasteiger charge is 2.23. The molecule has 0 bridgehead atoms. The van der Waals surface area contributed by atoms with Gasteiger partial charge >= 0.3 is 5.97 Å². The molecule has 5 nitrogen and oxygen atoms in total. The molecule has 0 fully saturated rings. The fourth-order valence-corrected chi connectivity index (χ4v) is 5.01. The number of ether oxygens (including phenoxy) is 3. The summed E-state index contributed by atoms with van der Waals surface area (Å²) in [6.45, 7) is 5.63. The van der Waals surface area contributed by atoms with Gasteiger partial charge in [-0.25, -0.2) is 4.39 Å². The van der Waals surface area contributed by atoms with Crippen LogP contribution in [0.1, 0.15) is 52.4 Å². The molecule has 0 saturated heterocycles. The maximum absolute atomic E-state index is 13.8. The van der Waals surface area contributed by atoms with E-state index in [1.807, 2.05) is 13.8 Å². The molecule has 0 aliphatic heterocycles. The molecule has 3 rings (SSSR count). The van der Waals surface area contributed by atoms with Crippen molar-refractivity contribution < 1.29 is 28.2 Å². The SMILES string of the molecule is COC(=O)Cc1cc(Br)c(Oc2cc(C(C)C)c(OC)cc2C(=O)c2ccc(F)c(C)c2)c(Br)c1. The Kier molecular flexibility index (Phi) is 8.72. The van der Waals surface area contributed by atoms with Crippen molar-refractivity contribution in [3.63, 3.8) is 0 Å². The Morgan fingerprint density at radius 1 is 0.971 bits per heavy atom. The molecule has 0 amide bonds. The standard InChI is InChI=1S/C27H25Br2FO5/c1-14(2)18-12-24(35-27-20(28)9-16(10-21(27)29)11-25(31)34-5)19(13-23(18)33-4)26(32)17-6-7-22(30)15(3)8-17/h6-10,12-14H,11H2,1-5H3. The Bertz CT molecular complexity index is 1260. The summed E-state index contributed by atoms with van der Waals surface area (Å²) in [4.78, 5) is 25.2. The number of carbonyl (C=O) groups excluding carboxylic acids is 2. The lowest BCUT2D eigenvalue weighted by Crippen LogP contribution is -2.08. The van der Waals surface area contributed by atoms with Crippen molar-refractivity contribution in [1.29, 1.82) is 0 Å². The second-order valence-electron chi connectivity index (χ2n) is 8.28. The van der Waals surface area contributed by atoms with Gasteiger partial charge in [0.1, 0.15) is 17.3 Å². The summed E-state index contributed by atoms with van der Waals surface area (Å²) in [7, 11) is 2.88. The number of esters is 1. The molecule has 0 saturated carbocycles. The number of hydrogen-bond acceptors (Lipinski definition) is 5. The van der Waals surface area contributed by atoms with E-state index in [9.17, 15) is 14.0 Å². The first-order valence-electron chi connectivity index (χ1n) is 10.8. The van der Waals surface area contributed by atoms with Crippen LogP contribution in [0.15, 0.2) is 51.4 Å². The normalized spacial score (nSPS) is 10.9. The van der Waals surface area contributed by atoms with Crippen LogP contribution >= 0.6 is 31.9 Å². The largest absolute Gasteiger partial charge is 0.496 e. The molecule has 35 heavy (non-hydrogen) atoms. The second-order valence-corrected chi connectivity index (χ2v) is 9.99. The van der Waals surface area contributed by atoms with Crippen LogP contribution in [0.2, 0.25) is 0 Å². The Balaban J connectivity index is 2.13. The van der Waals surface area contributed by atoms with Crippen LogP contribution in [0.5, 0.6) is 17.2 Å². The highest BCUT2D eigenvalue weighted by molar-refractivity contribution is 9.11. The molecule has 0 radical (unpaired) electrons. The van der Waals surface area contributed by atoms with Gasteiger partial charge in [0.15, 0.2) is 11.5 Å². The number of ketones is 1. The Labute approximate surface area is 220 Å². The molecule has 0 unspecified atom stereocenters. The van der Waals surface area contributed by atoms with Gasteiger partial charge in [0.25, 0.3) is 0 Å². The number of benzene rings is 3. The van der Waals surface area contributed by atoms with Gasteiger partial charge in [0.2, 0.25) is 0 Å². The first-order valence-corrected chi connectivity index (χ1v) is 12.4. The van der Waals surface area contributed by atoms with Crippen LogP contribution in [0.25, 0.3) is 0 Å². The zero-order valence-corrected chi connectivity index (χ0v) is 23.2. The van der Waals surface area contributed by atoms with Gasteiger partial charge < -0.3 is 14.2 Å². The molecule has 8 heteroatoms. The van der Waals surface area contributed by atoms with E-state index in [1.54, 1.807) is 38.3 Å². The van der Waals surface area contributed by atoms with Crippen LogP contribution in [0.3, 0.4) is 0 Å². The summed E-state index contributed by atoms with van der Waals surface area (Å²) in [5.74, 6) is 0.333. The third-order valence-electron chi connectivity index (χ3n) is 5.46. The van der Waals surface area contributed by atoms with E-state index >= 15 is 0 Å². The van der Waals surface area contributed by atoms with Crippen molar-refractivity contribution in [2.75, 3.05) is 14.2 Å². The number of rotatable bonds is 8. The summed E-state index contributed by atoms with van der Waals surface area (Å²) < 4.78 is 31.6. The molecule has 0 aliphatic carbocycles. The summed E-state index contributed by atoms with van der Waals surface area (Å²) >= 11 is 7.02. The minimum atomic E-state index is -0.384. The summed E-state index contributed by atoms with van der Waals surface area (Å²) in [6.07, 6.45) is 0.0989. The van der Waals surface area contributed by atoms with Crippen molar-refractivity contribution >= 4 is 43.6 Å². The first-order chi connectivity index (χ1) is 16.5. The molecular formula is C27H25Br2FO5. The van der Waals surface area contributed by atoms with E-state index in [4.69, 9.17) is 14.2 Å². The number of methoxy groups -OCH3 is 2. The minimum Gasteiger partial charge on any atom is -0.496 e. The smallest absolute Gasteiger partial charge is 0.309 e. The van der Waals surface area contributed by atoms with E-state index in [2.05, 4.69) is 31.9 Å². The van der Waals surface area contributed by atoms with Gasteiger partial charge in [0.05, 0.1) is 35.1 Å². The topological polar surface area (TPSA) is 61.8 Å². The van der Waals surface area contributed by atoms with Gasteiger partial charge in [-0.2, -0.15) is 0 Å². The molecule has 0 heterocycles. The van der Waals surface area contributed by atoms with Crippen LogP contribution < -0.4 is 9.47 Å². The lowest BCUT2D eigenvalue weighted by molar-refractivity contribution is -0.139. The van der Waals surface area contributed by atoms with Crippen molar-refractivity contribution in [2.45, 2.75) is 33.1 Å². The van der Waals surface area contributed by atoms with Crippen LogP contribution in [-0.2, 0) is 16.0 Å². The average Bonchev–Trinajstić information content (AvgIpc) is 2.82. The summed E-state index contributed by atoms with van der Waals surface area (Å²) in [5.41, 5.74) is 2.56. The van der Waals surface area contributed by atoms with Crippen molar-refractivity contribution in [3.8, 4) is 17.2 Å². The van der Waals surface area contributed by atoms with Crippen LogP contribution in [0.4, 0.5) is 4.39 Å². The van der Waals surface area contributed by atoms with Gasteiger partial charge in [-0.05, 0) is 98.3 Å². The maximum atomic E-state index is 13.8. The minimum absolute atomic E-state index is 0.0961. The fourth-order valence-electron chi connectivity index (χ4n) is 3.57. The van der Waals surface area contributed by atoms with Crippen molar-refractivity contribution in [2.24, 2.45) is 0 Å². The highest BCUT2D eigenvalue weighted by Crippen LogP contribution is 2.42. The third-order valence-corrected chi connectivity index (χ3v) is 6.64. The summed E-state index contributed by atoms with van der Waals surface area (Å²) in [6, 6.07) is 11.2. The van der Waals surface area contributed by atoms with Crippen LogP contribution in [0, 0.1) is 12.7 Å². The zero-order chi connectivity index (χ0) is 25.9. The van der Waals surface area contributed by atoms with Gasteiger partial charge in [-0.1, -0.05) is 13.8 Å². The fraction of sp³-hybridized carbons (Fsp3) is 0.259. The van der Waals surface area contributed by atoms with E-state index in [0.29, 0.717) is 37.3 Å². The quantitative estimate of drug-likeness (QED) is 0.196. The molecule has 3 aromatic carbocycles. The monoisotopic (exact) mass is 606 g/mol. The van der Waals surface area contributed by atoms with Crippen LogP contribution in [-0.4, -0.2) is 26.0 Å². The predicted molar refractivity (Wildman–Crippen MR) is 139 cm³/mol. The lowest BCUT2D eigenvalue weighted by Gasteiger charge is -2.19. The maximum Gasteiger partial charge on any atom is 0.309 e. The Morgan fingerprint density at radius 2 is 1.63 bits per heavy atom. The van der Waals surface area contributed by atoms with E-state index in [-0.39, 0.29) is 35.5 Å². The first kappa shape index (κ1) is 26.9. The number of carbonyl (C=O) groups is 2. The molecule has 0 aromatic heterocycles. The number of hydrogen-bond donors (Lipinski definition) is 0. The number of halogens is 3. The van der Waals surface area contributed by atoms with Gasteiger partial charge in [-0.3, -0.25) is 9.59 Å². The molecule has 3 aromatic rings. The Hall–Kier alpha value is -2.71. The predicted octanol–water partition coefficient (Wildman–Crippen LogP) is 7.53. The lowest BCUT2D eigenvalue weighted by atomic mass is 9.95. The number of aryl methyl sites for hydroxylation is 1. The van der Waals surface area contributed by atoms with E-state index < -0.39 is 0 Å². The zero-order valence-electron chi connectivity index (χ0n) is 20.0. The molecule has 0 aliphatic rings. The van der Waals surface area contributed by atoms with E-state index in [1.165, 1.54) is 25.3 Å².